The third kappa shape index (κ3) is 3.13. The van der Waals surface area contributed by atoms with Crippen LogP contribution < -0.4 is 4.74 Å². The molecular weight excluding hydrogens is 354 g/mol. The van der Waals surface area contributed by atoms with Crippen LogP contribution in [0.4, 0.5) is 0 Å². The van der Waals surface area contributed by atoms with Gasteiger partial charge in [0, 0.05) is 11.6 Å². The first-order valence-corrected chi connectivity index (χ1v) is 9.43. The van der Waals surface area contributed by atoms with Crippen LogP contribution in [0.15, 0.2) is 39.2 Å². The molecule has 0 radical (unpaired) electrons. The number of nitrogens with zero attached hydrogens (tertiary/aromatic N) is 1. The van der Waals surface area contributed by atoms with E-state index in [1.807, 2.05) is 18.2 Å². The van der Waals surface area contributed by atoms with E-state index in [-0.39, 0.29) is 22.3 Å². The van der Waals surface area contributed by atoms with Crippen LogP contribution in [0, 0.1) is 0 Å². The number of benzene rings is 1. The first-order valence-electron chi connectivity index (χ1n) is 6.77. The summed E-state index contributed by atoms with van der Waals surface area (Å²) in [6, 6.07) is 7.37. The Labute approximate surface area is 141 Å². The van der Waals surface area contributed by atoms with Gasteiger partial charge in [-0.25, -0.2) is 13.2 Å². The van der Waals surface area contributed by atoms with Crippen molar-refractivity contribution in [2.45, 2.75) is 10.8 Å². The highest BCUT2D eigenvalue weighted by Crippen LogP contribution is 2.31. The summed E-state index contributed by atoms with van der Waals surface area (Å²) in [6.45, 7) is 0.105. The van der Waals surface area contributed by atoms with Gasteiger partial charge >= 0.3 is 5.97 Å². The van der Waals surface area contributed by atoms with Gasteiger partial charge < -0.3 is 13.9 Å². The van der Waals surface area contributed by atoms with E-state index in [9.17, 15) is 13.2 Å². The fraction of sp³-hybridized carbons (Fsp3) is 0.200. The average molecular weight is 367 g/mol. The third-order valence-electron chi connectivity index (χ3n) is 3.25. The Bertz CT molecular complexity index is 1000. The van der Waals surface area contributed by atoms with Gasteiger partial charge in [0.15, 0.2) is 19.6 Å². The van der Waals surface area contributed by atoms with Gasteiger partial charge in [0.1, 0.15) is 12.2 Å². The summed E-state index contributed by atoms with van der Waals surface area (Å²) in [7, 11) is -2.44. The van der Waals surface area contributed by atoms with Gasteiger partial charge in [-0.15, -0.1) is 0 Å². The highest BCUT2D eigenvalue weighted by atomic mass is 32.2. The second-order valence-electron chi connectivity index (χ2n) is 5.00. The molecule has 0 aliphatic heterocycles. The third-order valence-corrected chi connectivity index (χ3v) is 5.89. The van der Waals surface area contributed by atoms with Crippen molar-refractivity contribution in [2.24, 2.45) is 0 Å². The topological polar surface area (TPSA) is 95.7 Å². The number of ether oxygens (including phenoxy) is 2. The molecule has 0 spiro atoms. The fourth-order valence-corrected chi connectivity index (χ4v) is 3.89. The molecule has 0 aliphatic rings. The van der Waals surface area contributed by atoms with Crippen molar-refractivity contribution in [3.8, 4) is 5.88 Å². The summed E-state index contributed by atoms with van der Waals surface area (Å²) >= 11 is 0.684. The number of hydrogen-bond acceptors (Lipinski definition) is 8. The maximum Gasteiger partial charge on any atom is 0.345 e. The van der Waals surface area contributed by atoms with E-state index in [0.29, 0.717) is 17.1 Å². The number of carbonyl (C=O) groups excluding carboxylic acids is 1. The Morgan fingerprint density at radius 1 is 1.33 bits per heavy atom. The van der Waals surface area contributed by atoms with Crippen molar-refractivity contribution in [3.63, 3.8) is 0 Å². The van der Waals surface area contributed by atoms with Crippen molar-refractivity contribution in [1.82, 2.24) is 4.37 Å². The largest absolute Gasteiger partial charge is 0.472 e. The van der Waals surface area contributed by atoms with Crippen LogP contribution in [0.5, 0.6) is 5.88 Å². The molecule has 0 amide bonds. The average Bonchev–Trinajstić information content (AvgIpc) is 3.17. The van der Waals surface area contributed by atoms with Crippen molar-refractivity contribution >= 4 is 38.3 Å². The predicted molar refractivity (Wildman–Crippen MR) is 87.1 cm³/mol. The second-order valence-corrected chi connectivity index (χ2v) is 7.98. The maximum absolute atomic E-state index is 11.9. The molecule has 0 saturated carbocycles. The lowest BCUT2D eigenvalue weighted by Crippen LogP contribution is -2.09. The van der Waals surface area contributed by atoms with Gasteiger partial charge in [-0.2, -0.15) is 4.37 Å². The highest BCUT2D eigenvalue weighted by Gasteiger charge is 2.29. The van der Waals surface area contributed by atoms with Gasteiger partial charge in [-0.1, -0.05) is 12.1 Å². The summed E-state index contributed by atoms with van der Waals surface area (Å²) in [6.07, 6.45) is 2.59. The van der Waals surface area contributed by atoms with Gasteiger partial charge in [-0.3, -0.25) is 0 Å². The van der Waals surface area contributed by atoms with Gasteiger partial charge in [0.25, 0.3) is 0 Å². The van der Waals surface area contributed by atoms with E-state index >= 15 is 0 Å². The molecule has 1 aromatic carbocycles. The standard InChI is InChI=1S/C15H13NO6S2/c1-20-14(17)12-13(16-23-15(12)24(2,18)19)22-8-9-3-4-10-5-6-21-11(10)7-9/h3-7H,8H2,1-2H3. The number of rotatable bonds is 5. The van der Waals surface area contributed by atoms with Crippen LogP contribution in [0.25, 0.3) is 11.0 Å². The van der Waals surface area contributed by atoms with Crippen LogP contribution in [0.1, 0.15) is 15.9 Å². The molecule has 24 heavy (non-hydrogen) atoms. The summed E-state index contributed by atoms with van der Waals surface area (Å²) in [5.74, 6) is -0.868. The van der Waals surface area contributed by atoms with Gasteiger partial charge in [0.2, 0.25) is 5.88 Å². The van der Waals surface area contributed by atoms with Crippen molar-refractivity contribution in [1.29, 1.82) is 0 Å². The minimum Gasteiger partial charge on any atom is -0.472 e. The zero-order valence-corrected chi connectivity index (χ0v) is 14.4. The van der Waals surface area contributed by atoms with E-state index in [2.05, 4.69) is 9.11 Å². The summed E-state index contributed by atoms with van der Waals surface area (Å²) in [5, 5.41) is 0.960. The zero-order chi connectivity index (χ0) is 17.3. The SMILES string of the molecule is COC(=O)c1c(OCc2ccc3ccoc3c2)nsc1S(C)(=O)=O. The normalized spacial score (nSPS) is 11.6. The predicted octanol–water partition coefficient (Wildman–Crippen LogP) is 2.66. The Balaban J connectivity index is 1.89. The molecule has 0 bridgehead atoms. The molecule has 0 fully saturated rings. The van der Waals surface area contributed by atoms with Crippen LogP contribution in [0.2, 0.25) is 0 Å². The minimum atomic E-state index is -3.61. The molecular formula is C15H13NO6S2. The quantitative estimate of drug-likeness (QED) is 0.640. The van der Waals surface area contributed by atoms with E-state index in [1.165, 1.54) is 7.11 Å². The number of esters is 1. The Hall–Kier alpha value is -2.39. The molecule has 2 aromatic heterocycles. The molecule has 0 unspecified atom stereocenters. The smallest absolute Gasteiger partial charge is 0.345 e. The van der Waals surface area contributed by atoms with Crippen LogP contribution in [-0.4, -0.2) is 32.1 Å². The lowest BCUT2D eigenvalue weighted by Gasteiger charge is -2.06. The van der Waals surface area contributed by atoms with E-state index in [4.69, 9.17) is 9.15 Å². The van der Waals surface area contributed by atoms with Crippen molar-refractivity contribution < 1.29 is 27.1 Å². The number of sulfone groups is 1. The van der Waals surface area contributed by atoms with Crippen molar-refractivity contribution in [3.05, 3.63) is 41.7 Å². The van der Waals surface area contributed by atoms with Crippen LogP contribution in [0.3, 0.4) is 0 Å². The molecule has 0 saturated heterocycles. The molecule has 0 atom stereocenters. The second kappa shape index (κ2) is 6.25. The lowest BCUT2D eigenvalue weighted by molar-refractivity contribution is 0.0591. The molecule has 0 aliphatic carbocycles. The Morgan fingerprint density at radius 3 is 2.83 bits per heavy atom. The molecule has 9 heteroatoms. The fourth-order valence-electron chi connectivity index (χ4n) is 2.13. The number of fused-ring (bicyclic) bond motifs is 1. The Morgan fingerprint density at radius 2 is 2.12 bits per heavy atom. The van der Waals surface area contributed by atoms with E-state index < -0.39 is 15.8 Å². The molecule has 3 aromatic rings. The van der Waals surface area contributed by atoms with E-state index in [0.717, 1.165) is 17.2 Å². The summed E-state index contributed by atoms with van der Waals surface area (Å²) in [4.78, 5) is 11.9. The highest BCUT2D eigenvalue weighted by molar-refractivity contribution is 7.92. The first kappa shape index (κ1) is 16.5. The maximum atomic E-state index is 11.9. The molecule has 3 rings (SSSR count). The van der Waals surface area contributed by atoms with Crippen molar-refractivity contribution in [2.75, 3.05) is 13.4 Å². The number of methoxy groups -OCH3 is 1. The molecule has 126 valence electrons. The molecule has 2 heterocycles. The number of furan rings is 1. The number of hydrogen-bond donors (Lipinski definition) is 0. The number of carbonyl (C=O) groups is 1. The summed E-state index contributed by atoms with van der Waals surface area (Å²) < 4.78 is 42.8. The first-order chi connectivity index (χ1) is 11.4. The van der Waals surface area contributed by atoms with Crippen LogP contribution in [-0.2, 0) is 21.2 Å². The van der Waals surface area contributed by atoms with E-state index in [1.54, 1.807) is 12.3 Å². The molecule has 0 N–H and O–H groups in total. The molecule has 7 nitrogen and oxygen atoms in total. The Kier molecular flexibility index (Phi) is 4.29. The number of aromatic nitrogens is 1. The minimum absolute atomic E-state index is 0.0631. The lowest BCUT2D eigenvalue weighted by atomic mass is 10.2. The monoisotopic (exact) mass is 367 g/mol. The van der Waals surface area contributed by atoms with Gasteiger partial charge in [0.05, 0.1) is 13.4 Å². The van der Waals surface area contributed by atoms with Crippen LogP contribution >= 0.6 is 11.5 Å². The van der Waals surface area contributed by atoms with Gasteiger partial charge in [-0.05, 0) is 29.2 Å². The summed E-state index contributed by atoms with van der Waals surface area (Å²) in [5.41, 5.74) is 1.32. The zero-order valence-electron chi connectivity index (χ0n) is 12.8.